The molecule has 0 spiro atoms. The molecule has 1 heteroatoms. The van der Waals surface area contributed by atoms with Crippen molar-refractivity contribution in [3.05, 3.63) is 71.8 Å². The van der Waals surface area contributed by atoms with E-state index in [0.29, 0.717) is 5.92 Å². The minimum atomic E-state index is 0.585. The van der Waals surface area contributed by atoms with Gasteiger partial charge in [-0.05, 0) is 30.5 Å². The van der Waals surface area contributed by atoms with Crippen molar-refractivity contribution in [1.82, 2.24) is 4.90 Å². The van der Waals surface area contributed by atoms with Crippen LogP contribution in [-0.2, 0) is 6.42 Å². The third-order valence-corrected chi connectivity index (χ3v) is 3.58. The van der Waals surface area contributed by atoms with Crippen molar-refractivity contribution < 1.29 is 0 Å². The van der Waals surface area contributed by atoms with E-state index in [1.165, 1.54) is 11.1 Å². The van der Waals surface area contributed by atoms with Crippen LogP contribution >= 0.6 is 0 Å². The van der Waals surface area contributed by atoms with Crippen LogP contribution in [0.25, 0.3) is 0 Å². The van der Waals surface area contributed by atoms with E-state index >= 15 is 0 Å². The smallest absolute Gasteiger partial charge is 0.00447 e. The average molecular weight is 253 g/mol. The molecule has 0 bridgehead atoms. The molecule has 1 atom stereocenters. The van der Waals surface area contributed by atoms with Crippen LogP contribution in [0.5, 0.6) is 0 Å². The van der Waals surface area contributed by atoms with Crippen LogP contribution in [0.1, 0.15) is 24.0 Å². The summed E-state index contributed by atoms with van der Waals surface area (Å²) in [5.74, 6) is 0.585. The number of rotatable bonds is 6. The third kappa shape index (κ3) is 4.53. The molecule has 19 heavy (non-hydrogen) atoms. The van der Waals surface area contributed by atoms with Crippen molar-refractivity contribution in [2.24, 2.45) is 0 Å². The molecule has 0 N–H and O–H groups in total. The Kier molecular flexibility index (Phi) is 5.17. The highest BCUT2D eigenvalue weighted by Crippen LogP contribution is 2.15. The molecule has 0 fully saturated rings. The van der Waals surface area contributed by atoms with Crippen molar-refractivity contribution in [3.8, 4) is 0 Å². The maximum absolute atomic E-state index is 2.42. The van der Waals surface area contributed by atoms with Crippen LogP contribution in [0, 0.1) is 0 Å². The summed E-state index contributed by atoms with van der Waals surface area (Å²) in [6, 6.07) is 21.5. The summed E-state index contributed by atoms with van der Waals surface area (Å²) in [5, 5.41) is 0. The second-order valence-corrected chi connectivity index (χ2v) is 5.31. The van der Waals surface area contributed by atoms with Gasteiger partial charge in [0.15, 0.2) is 0 Å². The summed E-state index contributed by atoms with van der Waals surface area (Å²) in [7, 11) is 2.21. The Balaban J connectivity index is 1.80. The highest BCUT2D eigenvalue weighted by atomic mass is 15.1. The Morgan fingerprint density at radius 2 is 1.47 bits per heavy atom. The topological polar surface area (TPSA) is 3.24 Å². The molecule has 2 aromatic rings. The van der Waals surface area contributed by atoms with Gasteiger partial charge in [-0.3, -0.25) is 0 Å². The minimum Gasteiger partial charge on any atom is -0.305 e. The van der Waals surface area contributed by atoms with Gasteiger partial charge in [0, 0.05) is 13.1 Å². The first kappa shape index (κ1) is 13.8. The second-order valence-electron chi connectivity index (χ2n) is 5.31. The molecule has 100 valence electrons. The zero-order chi connectivity index (χ0) is 13.5. The number of hydrogen-bond acceptors (Lipinski definition) is 1. The Morgan fingerprint density at radius 3 is 2.11 bits per heavy atom. The lowest BCUT2D eigenvalue weighted by Crippen LogP contribution is -2.25. The molecule has 0 radical (unpaired) electrons. The first-order valence-corrected chi connectivity index (χ1v) is 7.03. The molecule has 1 nitrogen and oxygen atoms in total. The van der Waals surface area contributed by atoms with Gasteiger partial charge in [-0.2, -0.15) is 0 Å². The highest BCUT2D eigenvalue weighted by Gasteiger charge is 2.08. The predicted molar refractivity (Wildman–Crippen MR) is 82.5 cm³/mol. The summed E-state index contributed by atoms with van der Waals surface area (Å²) in [5.41, 5.74) is 2.84. The maximum atomic E-state index is 2.42. The lowest BCUT2D eigenvalue weighted by atomic mass is 10.0. The van der Waals surface area contributed by atoms with Crippen LogP contribution in [0.15, 0.2) is 60.7 Å². The lowest BCUT2D eigenvalue weighted by molar-refractivity contribution is 0.321. The molecule has 0 aliphatic heterocycles. The van der Waals surface area contributed by atoms with Gasteiger partial charge < -0.3 is 4.90 Å². The van der Waals surface area contributed by atoms with E-state index in [-0.39, 0.29) is 0 Å². The van der Waals surface area contributed by atoms with Crippen molar-refractivity contribution in [2.75, 3.05) is 20.1 Å². The summed E-state index contributed by atoms with van der Waals surface area (Å²) in [4.78, 5) is 2.42. The number of likely N-dealkylation sites (N-methyl/N-ethyl adjacent to an activating group) is 1. The van der Waals surface area contributed by atoms with Gasteiger partial charge in [-0.25, -0.2) is 0 Å². The van der Waals surface area contributed by atoms with E-state index in [9.17, 15) is 0 Å². The van der Waals surface area contributed by atoms with Crippen molar-refractivity contribution >= 4 is 0 Å². The zero-order valence-electron chi connectivity index (χ0n) is 11.9. The Bertz CT molecular complexity index is 464. The summed E-state index contributed by atoms with van der Waals surface area (Å²) < 4.78 is 0. The molecule has 0 amide bonds. The number of nitrogens with zero attached hydrogens (tertiary/aromatic N) is 1. The number of benzene rings is 2. The van der Waals surface area contributed by atoms with Gasteiger partial charge in [0.2, 0.25) is 0 Å². The number of hydrogen-bond donors (Lipinski definition) is 0. The molecule has 0 aliphatic rings. The summed E-state index contributed by atoms with van der Waals surface area (Å²) >= 11 is 0. The van der Waals surface area contributed by atoms with Crippen molar-refractivity contribution in [2.45, 2.75) is 19.3 Å². The van der Waals surface area contributed by atoms with Crippen LogP contribution in [0.2, 0.25) is 0 Å². The van der Waals surface area contributed by atoms with Crippen molar-refractivity contribution in [3.63, 3.8) is 0 Å². The molecule has 2 aromatic carbocycles. The van der Waals surface area contributed by atoms with Gasteiger partial charge in [0.25, 0.3) is 0 Å². The average Bonchev–Trinajstić information content (AvgIpc) is 2.47. The molecule has 0 aromatic heterocycles. The van der Waals surface area contributed by atoms with Gasteiger partial charge in [-0.1, -0.05) is 67.6 Å². The fraction of sp³-hybridized carbons (Fsp3) is 0.333. The fourth-order valence-corrected chi connectivity index (χ4v) is 2.41. The molecular formula is C18H23N. The Hall–Kier alpha value is -1.60. The zero-order valence-corrected chi connectivity index (χ0v) is 11.9. The first-order chi connectivity index (χ1) is 9.25. The third-order valence-electron chi connectivity index (χ3n) is 3.58. The monoisotopic (exact) mass is 253 g/mol. The summed E-state index contributed by atoms with van der Waals surface area (Å²) in [6.07, 6.45) is 1.12. The van der Waals surface area contributed by atoms with E-state index in [1.54, 1.807) is 0 Å². The highest BCUT2D eigenvalue weighted by molar-refractivity contribution is 5.19. The molecular weight excluding hydrogens is 230 g/mol. The molecule has 2 rings (SSSR count). The van der Waals surface area contributed by atoms with Gasteiger partial charge in [0.1, 0.15) is 0 Å². The minimum absolute atomic E-state index is 0.585. The van der Waals surface area contributed by atoms with Crippen LogP contribution in [-0.4, -0.2) is 25.0 Å². The van der Waals surface area contributed by atoms with E-state index in [4.69, 9.17) is 0 Å². The molecule has 0 saturated carbocycles. The quantitative estimate of drug-likeness (QED) is 0.753. The van der Waals surface area contributed by atoms with Gasteiger partial charge in [0.05, 0.1) is 0 Å². The Labute approximate surface area is 116 Å². The van der Waals surface area contributed by atoms with Crippen LogP contribution in [0.3, 0.4) is 0 Å². The second kappa shape index (κ2) is 7.10. The predicted octanol–water partition coefficient (Wildman–Crippen LogP) is 3.96. The van der Waals surface area contributed by atoms with E-state index in [1.807, 2.05) is 0 Å². The Morgan fingerprint density at radius 1 is 0.895 bits per heavy atom. The van der Waals surface area contributed by atoms with E-state index < -0.39 is 0 Å². The van der Waals surface area contributed by atoms with Gasteiger partial charge >= 0.3 is 0 Å². The van der Waals surface area contributed by atoms with E-state index in [2.05, 4.69) is 79.5 Å². The lowest BCUT2D eigenvalue weighted by Gasteiger charge is -2.21. The van der Waals surface area contributed by atoms with Gasteiger partial charge in [-0.15, -0.1) is 0 Å². The molecule has 0 heterocycles. The molecule has 0 aliphatic carbocycles. The standard InChI is InChI=1S/C18H23N/c1-16(18-11-7-4-8-12-18)15-19(2)14-13-17-9-5-3-6-10-17/h3-12,16H,13-15H2,1-2H3. The van der Waals surface area contributed by atoms with Crippen LogP contribution < -0.4 is 0 Å². The SMILES string of the molecule is CC(CN(C)CCc1ccccc1)c1ccccc1. The molecule has 1 unspecified atom stereocenters. The van der Waals surface area contributed by atoms with Crippen molar-refractivity contribution in [1.29, 1.82) is 0 Å². The largest absolute Gasteiger partial charge is 0.305 e. The first-order valence-electron chi connectivity index (χ1n) is 7.03. The normalized spacial score (nSPS) is 12.6. The fourth-order valence-electron chi connectivity index (χ4n) is 2.41. The molecule has 0 saturated heterocycles. The maximum Gasteiger partial charge on any atom is 0.00447 e. The van der Waals surface area contributed by atoms with Crippen LogP contribution in [0.4, 0.5) is 0 Å². The van der Waals surface area contributed by atoms with E-state index in [0.717, 1.165) is 19.5 Å². The summed E-state index contributed by atoms with van der Waals surface area (Å²) in [6.45, 7) is 4.52.